The van der Waals surface area contributed by atoms with E-state index in [-0.39, 0.29) is 17.2 Å². The summed E-state index contributed by atoms with van der Waals surface area (Å²) < 4.78 is 13.3. The van der Waals surface area contributed by atoms with E-state index >= 15 is 0 Å². The van der Waals surface area contributed by atoms with Crippen LogP contribution in [0.1, 0.15) is 22.3 Å². The summed E-state index contributed by atoms with van der Waals surface area (Å²) in [5.74, 6) is -0.417. The number of aryl methyl sites for hydroxylation is 2. The summed E-state index contributed by atoms with van der Waals surface area (Å²) in [5.41, 5.74) is 3.94. The second-order valence-electron chi connectivity index (χ2n) is 5.14. The Bertz CT molecular complexity index is 629. The molecule has 0 aliphatic rings. The summed E-state index contributed by atoms with van der Waals surface area (Å²) >= 11 is 5.62. The van der Waals surface area contributed by atoms with E-state index < -0.39 is 5.82 Å². The van der Waals surface area contributed by atoms with Crippen LogP contribution >= 0.6 is 11.6 Å². The Morgan fingerprint density at radius 2 is 1.60 bits per heavy atom. The van der Waals surface area contributed by atoms with Gasteiger partial charge in [-0.1, -0.05) is 47.0 Å². The molecular weight excluding hydrogens is 275 g/mol. The smallest absolute Gasteiger partial charge is 0.142 e. The van der Waals surface area contributed by atoms with Crippen molar-refractivity contribution < 1.29 is 9.18 Å². The fraction of sp³-hybridized carbons (Fsp3) is 0.235. The van der Waals surface area contributed by atoms with Gasteiger partial charge in [-0.05, 0) is 37.1 Å². The fourth-order valence-electron chi connectivity index (χ4n) is 2.34. The molecule has 2 aromatic carbocycles. The summed E-state index contributed by atoms with van der Waals surface area (Å²) in [4.78, 5) is 12.0. The maximum atomic E-state index is 13.3. The molecule has 0 fully saturated rings. The molecule has 0 saturated carbocycles. The Hall–Kier alpha value is -1.67. The number of halogens is 2. The topological polar surface area (TPSA) is 17.1 Å². The predicted molar refractivity (Wildman–Crippen MR) is 79.7 cm³/mol. The van der Waals surface area contributed by atoms with Crippen molar-refractivity contribution in [2.75, 3.05) is 0 Å². The molecule has 3 heteroatoms. The largest absolute Gasteiger partial charge is 0.299 e. The van der Waals surface area contributed by atoms with Gasteiger partial charge >= 0.3 is 0 Å². The first-order chi connectivity index (χ1) is 9.44. The number of rotatable bonds is 4. The lowest BCUT2D eigenvalue weighted by Crippen LogP contribution is -2.07. The van der Waals surface area contributed by atoms with Crippen LogP contribution in [0.25, 0.3) is 0 Å². The molecule has 104 valence electrons. The quantitative estimate of drug-likeness (QED) is 0.813. The third-order valence-corrected chi connectivity index (χ3v) is 3.37. The molecule has 0 N–H and O–H groups in total. The minimum atomic E-state index is -0.483. The van der Waals surface area contributed by atoms with Gasteiger partial charge < -0.3 is 0 Å². The van der Waals surface area contributed by atoms with E-state index in [0.717, 1.165) is 16.7 Å². The molecule has 2 rings (SSSR count). The van der Waals surface area contributed by atoms with Crippen LogP contribution < -0.4 is 0 Å². The van der Waals surface area contributed by atoms with Gasteiger partial charge in [0.2, 0.25) is 0 Å². The SMILES string of the molecule is Cc1cc(C)cc(CC(=O)Cc2ccc(Cl)c(F)c2)c1. The molecule has 1 nitrogen and oxygen atoms in total. The number of Topliss-reactive ketones (excluding diaryl/α,β-unsaturated/α-hetero) is 1. The van der Waals surface area contributed by atoms with Crippen LogP contribution in [0.15, 0.2) is 36.4 Å². The zero-order valence-corrected chi connectivity index (χ0v) is 12.3. The van der Waals surface area contributed by atoms with Crippen molar-refractivity contribution in [3.05, 3.63) is 69.5 Å². The zero-order chi connectivity index (χ0) is 14.7. The Kier molecular flexibility index (Phi) is 4.56. The molecule has 20 heavy (non-hydrogen) atoms. The highest BCUT2D eigenvalue weighted by molar-refractivity contribution is 6.30. The van der Waals surface area contributed by atoms with Crippen LogP contribution in [0.4, 0.5) is 4.39 Å². The molecule has 0 amide bonds. The van der Waals surface area contributed by atoms with E-state index in [2.05, 4.69) is 6.07 Å². The maximum Gasteiger partial charge on any atom is 0.142 e. The lowest BCUT2D eigenvalue weighted by molar-refractivity contribution is -0.117. The molecule has 0 aliphatic carbocycles. The summed E-state index contributed by atoms with van der Waals surface area (Å²) in [5, 5.41) is 0.0792. The number of hydrogen-bond acceptors (Lipinski definition) is 1. The van der Waals surface area contributed by atoms with Crippen molar-refractivity contribution in [3.8, 4) is 0 Å². The monoisotopic (exact) mass is 290 g/mol. The molecule has 0 aliphatic heterocycles. The Morgan fingerprint density at radius 3 is 2.20 bits per heavy atom. The molecule has 0 heterocycles. The van der Waals surface area contributed by atoms with Gasteiger partial charge in [-0.2, -0.15) is 0 Å². The second-order valence-corrected chi connectivity index (χ2v) is 5.54. The van der Waals surface area contributed by atoms with Crippen molar-refractivity contribution in [1.29, 1.82) is 0 Å². The van der Waals surface area contributed by atoms with E-state index in [9.17, 15) is 9.18 Å². The maximum absolute atomic E-state index is 13.3. The highest BCUT2D eigenvalue weighted by atomic mass is 35.5. The number of ketones is 1. The van der Waals surface area contributed by atoms with Crippen molar-refractivity contribution >= 4 is 17.4 Å². The van der Waals surface area contributed by atoms with Crippen molar-refractivity contribution in [1.82, 2.24) is 0 Å². The molecule has 0 spiro atoms. The molecule has 2 aromatic rings. The minimum absolute atomic E-state index is 0.0664. The van der Waals surface area contributed by atoms with Gasteiger partial charge in [-0.15, -0.1) is 0 Å². The molecule has 0 saturated heterocycles. The predicted octanol–water partition coefficient (Wildman–Crippen LogP) is 4.45. The first-order valence-corrected chi connectivity index (χ1v) is 6.84. The van der Waals surface area contributed by atoms with Crippen LogP contribution in [-0.2, 0) is 17.6 Å². The van der Waals surface area contributed by atoms with E-state index in [1.807, 2.05) is 26.0 Å². The van der Waals surface area contributed by atoms with Crippen molar-refractivity contribution in [2.45, 2.75) is 26.7 Å². The van der Waals surface area contributed by atoms with Crippen LogP contribution in [0, 0.1) is 19.7 Å². The summed E-state index contributed by atoms with van der Waals surface area (Å²) in [7, 11) is 0. The zero-order valence-electron chi connectivity index (χ0n) is 11.5. The summed E-state index contributed by atoms with van der Waals surface area (Å²) in [6.45, 7) is 4.02. The van der Waals surface area contributed by atoms with Gasteiger partial charge in [0.05, 0.1) is 5.02 Å². The van der Waals surface area contributed by atoms with Crippen LogP contribution in [0.2, 0.25) is 5.02 Å². The third-order valence-electron chi connectivity index (χ3n) is 3.07. The average Bonchev–Trinajstić information content (AvgIpc) is 2.32. The van der Waals surface area contributed by atoms with E-state index in [1.54, 1.807) is 6.07 Å². The van der Waals surface area contributed by atoms with E-state index in [0.29, 0.717) is 12.0 Å². The van der Waals surface area contributed by atoms with Crippen LogP contribution in [-0.4, -0.2) is 5.78 Å². The number of carbonyl (C=O) groups is 1. The van der Waals surface area contributed by atoms with Crippen molar-refractivity contribution in [2.24, 2.45) is 0 Å². The van der Waals surface area contributed by atoms with Gasteiger partial charge in [-0.3, -0.25) is 4.79 Å². The molecule has 0 atom stereocenters. The fourth-order valence-corrected chi connectivity index (χ4v) is 2.46. The first kappa shape index (κ1) is 14.7. The van der Waals surface area contributed by atoms with Crippen LogP contribution in [0.5, 0.6) is 0 Å². The van der Waals surface area contributed by atoms with Gasteiger partial charge in [0.15, 0.2) is 0 Å². The van der Waals surface area contributed by atoms with Gasteiger partial charge in [0.25, 0.3) is 0 Å². The lowest BCUT2D eigenvalue weighted by atomic mass is 10.00. The summed E-state index contributed by atoms with van der Waals surface area (Å²) in [6, 6.07) is 10.6. The molecular formula is C17H16ClFO. The van der Waals surface area contributed by atoms with Crippen molar-refractivity contribution in [3.63, 3.8) is 0 Å². The highest BCUT2D eigenvalue weighted by Crippen LogP contribution is 2.17. The van der Waals surface area contributed by atoms with Gasteiger partial charge in [0, 0.05) is 12.8 Å². The average molecular weight is 291 g/mol. The number of benzene rings is 2. The Morgan fingerprint density at radius 1 is 1.00 bits per heavy atom. The number of carbonyl (C=O) groups excluding carboxylic acids is 1. The number of hydrogen-bond donors (Lipinski definition) is 0. The lowest BCUT2D eigenvalue weighted by Gasteiger charge is -2.05. The normalized spacial score (nSPS) is 10.6. The third kappa shape index (κ3) is 3.91. The standard InChI is InChI=1S/C17H16ClFO/c1-11-5-12(2)7-14(6-11)9-15(20)8-13-3-4-16(18)17(19)10-13/h3-7,10H,8-9H2,1-2H3. The molecule has 0 radical (unpaired) electrons. The molecule has 0 bridgehead atoms. The van der Waals surface area contributed by atoms with E-state index in [1.165, 1.54) is 12.1 Å². The highest BCUT2D eigenvalue weighted by Gasteiger charge is 2.08. The summed E-state index contributed by atoms with van der Waals surface area (Å²) in [6.07, 6.45) is 0.591. The van der Waals surface area contributed by atoms with E-state index in [4.69, 9.17) is 11.6 Å². The first-order valence-electron chi connectivity index (χ1n) is 6.47. The Balaban J connectivity index is 2.06. The second kappa shape index (κ2) is 6.19. The van der Waals surface area contributed by atoms with Crippen LogP contribution in [0.3, 0.4) is 0 Å². The van der Waals surface area contributed by atoms with Gasteiger partial charge in [-0.25, -0.2) is 4.39 Å². The van der Waals surface area contributed by atoms with Gasteiger partial charge in [0.1, 0.15) is 11.6 Å². The molecule has 0 unspecified atom stereocenters. The molecule has 0 aromatic heterocycles. The Labute approximate surface area is 123 Å². The minimum Gasteiger partial charge on any atom is -0.299 e.